The zero-order valence-corrected chi connectivity index (χ0v) is 9.94. The van der Waals surface area contributed by atoms with Gasteiger partial charge < -0.3 is 14.9 Å². The van der Waals surface area contributed by atoms with Gasteiger partial charge in [-0.15, -0.1) is 6.42 Å². The Kier molecular flexibility index (Phi) is 7.19. The molecule has 0 aromatic carbocycles. The molecule has 17 heavy (non-hydrogen) atoms. The van der Waals surface area contributed by atoms with Crippen LogP contribution in [0.5, 0.6) is 0 Å². The molecular formula is C12H18O5. The Morgan fingerprint density at radius 3 is 2.35 bits per heavy atom. The predicted octanol–water partition coefficient (Wildman–Crippen LogP) is -0.107. The summed E-state index contributed by atoms with van der Waals surface area (Å²) >= 11 is 0. The fourth-order valence-corrected chi connectivity index (χ4v) is 1.16. The van der Waals surface area contributed by atoms with E-state index in [-0.39, 0.29) is 44.9 Å². The van der Waals surface area contributed by atoms with Gasteiger partial charge in [-0.2, -0.15) is 0 Å². The van der Waals surface area contributed by atoms with Gasteiger partial charge >= 0.3 is 5.97 Å². The van der Waals surface area contributed by atoms with Crippen LogP contribution in [0.4, 0.5) is 0 Å². The molecule has 0 fully saturated rings. The molecule has 0 unspecified atom stereocenters. The highest BCUT2D eigenvalue weighted by Crippen LogP contribution is 2.21. The molecular weight excluding hydrogens is 224 g/mol. The molecule has 0 heterocycles. The van der Waals surface area contributed by atoms with Crippen LogP contribution in [0.25, 0.3) is 0 Å². The number of carbonyl (C=O) groups excluding carboxylic acids is 2. The van der Waals surface area contributed by atoms with Crippen molar-refractivity contribution in [3.63, 3.8) is 0 Å². The smallest absolute Gasteiger partial charge is 0.307 e. The minimum atomic E-state index is -0.834. The summed E-state index contributed by atoms with van der Waals surface area (Å²) in [6.45, 7) is 0.938. The van der Waals surface area contributed by atoms with Crippen molar-refractivity contribution in [1.29, 1.82) is 0 Å². The highest BCUT2D eigenvalue weighted by atomic mass is 16.5. The number of ketones is 1. The van der Waals surface area contributed by atoms with Crippen molar-refractivity contribution >= 4 is 11.8 Å². The SMILES string of the molecule is C#CCOC(=O)CCC(=O)CC(C)(CO)CO. The van der Waals surface area contributed by atoms with Crippen LogP contribution in [0.3, 0.4) is 0 Å². The third kappa shape index (κ3) is 6.72. The van der Waals surface area contributed by atoms with Gasteiger partial charge in [0.2, 0.25) is 0 Å². The third-order valence-electron chi connectivity index (χ3n) is 2.31. The Morgan fingerprint density at radius 2 is 1.88 bits per heavy atom. The lowest BCUT2D eigenvalue weighted by Gasteiger charge is -2.23. The van der Waals surface area contributed by atoms with Gasteiger partial charge in [-0.25, -0.2) is 0 Å². The largest absolute Gasteiger partial charge is 0.452 e. The topological polar surface area (TPSA) is 83.8 Å². The number of hydrogen-bond acceptors (Lipinski definition) is 5. The summed E-state index contributed by atoms with van der Waals surface area (Å²) in [6, 6.07) is 0. The van der Waals surface area contributed by atoms with Crippen LogP contribution in [0.2, 0.25) is 0 Å². The van der Waals surface area contributed by atoms with Gasteiger partial charge in [0.25, 0.3) is 0 Å². The molecule has 0 saturated heterocycles. The van der Waals surface area contributed by atoms with E-state index in [0.29, 0.717) is 0 Å². The number of aliphatic hydroxyl groups is 2. The molecule has 0 aromatic rings. The van der Waals surface area contributed by atoms with Gasteiger partial charge in [0, 0.05) is 18.3 Å². The summed E-state index contributed by atoms with van der Waals surface area (Å²) in [5.74, 6) is 1.43. The Labute approximate surface area is 101 Å². The van der Waals surface area contributed by atoms with Crippen molar-refractivity contribution in [3.05, 3.63) is 0 Å². The van der Waals surface area contributed by atoms with E-state index in [9.17, 15) is 9.59 Å². The Bertz CT molecular complexity index is 299. The second-order valence-corrected chi connectivity index (χ2v) is 4.21. The predicted molar refractivity (Wildman–Crippen MR) is 60.9 cm³/mol. The van der Waals surface area contributed by atoms with Crippen LogP contribution in [0.15, 0.2) is 0 Å². The summed E-state index contributed by atoms with van der Waals surface area (Å²) in [7, 11) is 0. The van der Waals surface area contributed by atoms with E-state index in [2.05, 4.69) is 10.7 Å². The lowest BCUT2D eigenvalue weighted by molar-refractivity contribution is -0.143. The molecule has 0 atom stereocenters. The number of hydrogen-bond donors (Lipinski definition) is 2. The van der Waals surface area contributed by atoms with E-state index >= 15 is 0 Å². The molecule has 5 heteroatoms. The average molecular weight is 242 g/mol. The first-order chi connectivity index (χ1) is 7.97. The molecule has 2 N–H and O–H groups in total. The van der Waals surface area contributed by atoms with E-state index < -0.39 is 11.4 Å². The number of Topliss-reactive ketones (excluding diaryl/α,β-unsaturated/α-hetero) is 1. The number of rotatable bonds is 8. The van der Waals surface area contributed by atoms with Crippen LogP contribution in [0.1, 0.15) is 26.2 Å². The highest BCUT2D eigenvalue weighted by Gasteiger charge is 2.26. The number of terminal acetylenes is 1. The van der Waals surface area contributed by atoms with Crippen LogP contribution in [-0.2, 0) is 14.3 Å². The maximum Gasteiger partial charge on any atom is 0.307 e. The molecule has 0 radical (unpaired) electrons. The van der Waals surface area contributed by atoms with Gasteiger partial charge in [-0.1, -0.05) is 12.8 Å². The van der Waals surface area contributed by atoms with E-state index in [1.807, 2.05) is 0 Å². The number of carbonyl (C=O) groups is 2. The minimum absolute atomic E-state index is 0.0268. The lowest BCUT2D eigenvalue weighted by Crippen LogP contribution is -2.29. The van der Waals surface area contributed by atoms with Gasteiger partial charge in [-0.05, 0) is 0 Å². The monoisotopic (exact) mass is 242 g/mol. The van der Waals surface area contributed by atoms with Gasteiger partial charge in [0.05, 0.1) is 19.6 Å². The fraction of sp³-hybridized carbons (Fsp3) is 0.667. The quantitative estimate of drug-likeness (QED) is 0.458. The van der Waals surface area contributed by atoms with E-state index in [1.54, 1.807) is 6.92 Å². The van der Waals surface area contributed by atoms with Crippen LogP contribution >= 0.6 is 0 Å². The second kappa shape index (κ2) is 7.82. The molecule has 0 rings (SSSR count). The Balaban J connectivity index is 3.95. The van der Waals surface area contributed by atoms with Gasteiger partial charge in [-0.3, -0.25) is 9.59 Å². The standard InChI is InChI=1S/C12H18O5/c1-3-6-17-11(16)5-4-10(15)7-12(2,8-13)9-14/h1,13-14H,4-9H2,2H3. The number of esters is 1. The van der Waals surface area contributed by atoms with Crippen molar-refractivity contribution in [3.8, 4) is 12.3 Å². The van der Waals surface area contributed by atoms with Crippen molar-refractivity contribution < 1.29 is 24.5 Å². The van der Waals surface area contributed by atoms with E-state index in [1.165, 1.54) is 0 Å². The van der Waals surface area contributed by atoms with Crippen molar-refractivity contribution in [2.75, 3.05) is 19.8 Å². The summed E-state index contributed by atoms with van der Waals surface area (Å²) in [4.78, 5) is 22.5. The molecule has 0 amide bonds. The molecule has 0 bridgehead atoms. The molecule has 0 aliphatic heterocycles. The summed E-state index contributed by atoms with van der Waals surface area (Å²) in [6.07, 6.45) is 4.93. The first kappa shape index (κ1) is 15.6. The first-order valence-corrected chi connectivity index (χ1v) is 5.30. The fourth-order valence-electron chi connectivity index (χ4n) is 1.16. The molecule has 0 saturated carbocycles. The molecule has 0 aromatic heterocycles. The Hall–Kier alpha value is -1.38. The average Bonchev–Trinajstić information content (AvgIpc) is 2.33. The summed E-state index contributed by atoms with van der Waals surface area (Å²) < 4.78 is 4.60. The minimum Gasteiger partial charge on any atom is -0.452 e. The maximum absolute atomic E-state index is 11.5. The summed E-state index contributed by atoms with van der Waals surface area (Å²) in [5, 5.41) is 18.0. The van der Waals surface area contributed by atoms with Gasteiger partial charge in [0.1, 0.15) is 5.78 Å². The van der Waals surface area contributed by atoms with Crippen molar-refractivity contribution in [2.45, 2.75) is 26.2 Å². The molecule has 0 aliphatic rings. The highest BCUT2D eigenvalue weighted by molar-refractivity contribution is 5.83. The second-order valence-electron chi connectivity index (χ2n) is 4.21. The third-order valence-corrected chi connectivity index (χ3v) is 2.31. The normalized spacial score (nSPS) is 10.7. The Morgan fingerprint density at radius 1 is 1.29 bits per heavy atom. The molecule has 96 valence electrons. The molecule has 5 nitrogen and oxygen atoms in total. The maximum atomic E-state index is 11.5. The molecule has 0 aliphatic carbocycles. The van der Waals surface area contributed by atoms with Crippen molar-refractivity contribution in [1.82, 2.24) is 0 Å². The van der Waals surface area contributed by atoms with Crippen LogP contribution in [0, 0.1) is 17.8 Å². The number of aliphatic hydroxyl groups excluding tert-OH is 2. The van der Waals surface area contributed by atoms with Crippen LogP contribution in [-0.4, -0.2) is 41.8 Å². The molecule has 0 spiro atoms. The first-order valence-electron chi connectivity index (χ1n) is 5.30. The summed E-state index contributed by atoms with van der Waals surface area (Å²) in [5.41, 5.74) is -0.834. The van der Waals surface area contributed by atoms with Gasteiger partial charge in [0.15, 0.2) is 6.61 Å². The van der Waals surface area contributed by atoms with E-state index in [4.69, 9.17) is 16.6 Å². The lowest BCUT2D eigenvalue weighted by atomic mass is 9.86. The number of ether oxygens (including phenoxy) is 1. The van der Waals surface area contributed by atoms with Crippen molar-refractivity contribution in [2.24, 2.45) is 5.41 Å². The zero-order chi connectivity index (χ0) is 13.3. The van der Waals surface area contributed by atoms with Crippen LogP contribution < -0.4 is 0 Å². The van der Waals surface area contributed by atoms with E-state index in [0.717, 1.165) is 0 Å². The zero-order valence-electron chi connectivity index (χ0n) is 9.94.